The minimum atomic E-state index is 0.0425. The largest absolute Gasteiger partial charge is 0.456 e. The molecule has 6 nitrogen and oxygen atoms in total. The van der Waals surface area contributed by atoms with Crippen molar-refractivity contribution in [2.24, 2.45) is 0 Å². The highest BCUT2D eigenvalue weighted by Crippen LogP contribution is 2.54. The summed E-state index contributed by atoms with van der Waals surface area (Å²) in [5.74, 6) is 2.69. The molecule has 6 heteroatoms. The van der Waals surface area contributed by atoms with E-state index in [9.17, 15) is 0 Å². The van der Waals surface area contributed by atoms with Crippen molar-refractivity contribution < 1.29 is 4.42 Å². The standard InChI is InChI=1S/C57H37N5O/c1-3-15-36(16-4-1)38-19-13-21-40(33-38)55-58-56(60-57(59-55)62-47-26-10-7-23-43(47)44-24-8-11-27-48(44)62)41-29-31-51-46(35-41)54-52(63-51)32-30-50-53(54)45-25-9-12-28-49(45)61(50)42-22-14-20-39(34-42)37-17-5-2-6-18-37/h1-35,50,53H. The molecule has 13 rings (SSSR count). The van der Waals surface area contributed by atoms with E-state index in [1.54, 1.807) is 0 Å². The predicted molar refractivity (Wildman–Crippen MR) is 255 cm³/mol. The van der Waals surface area contributed by atoms with Gasteiger partial charge in [0.05, 0.1) is 17.1 Å². The fraction of sp³-hybridized carbons (Fsp3) is 0.0351. The Balaban J connectivity index is 0.982. The summed E-state index contributed by atoms with van der Waals surface area (Å²) in [6.07, 6.45) is 4.47. The molecule has 0 N–H and O–H groups in total. The van der Waals surface area contributed by atoms with Gasteiger partial charge in [-0.15, -0.1) is 0 Å². The van der Waals surface area contributed by atoms with Gasteiger partial charge in [-0.1, -0.05) is 152 Å². The molecule has 3 aromatic heterocycles. The second kappa shape index (κ2) is 14.1. The van der Waals surface area contributed by atoms with Gasteiger partial charge in [0.25, 0.3) is 0 Å². The van der Waals surface area contributed by atoms with Crippen LogP contribution in [0.2, 0.25) is 0 Å². The minimum absolute atomic E-state index is 0.0425. The number of aromatic nitrogens is 4. The number of benzene rings is 8. The van der Waals surface area contributed by atoms with E-state index >= 15 is 0 Å². The highest BCUT2D eigenvalue weighted by atomic mass is 16.3. The van der Waals surface area contributed by atoms with Crippen molar-refractivity contribution in [3.8, 4) is 51.0 Å². The number of nitrogens with zero attached hydrogens (tertiary/aromatic N) is 5. The maximum atomic E-state index is 6.69. The maximum absolute atomic E-state index is 6.69. The first-order valence-corrected chi connectivity index (χ1v) is 21.4. The Morgan fingerprint density at radius 2 is 1.03 bits per heavy atom. The minimum Gasteiger partial charge on any atom is -0.456 e. The lowest BCUT2D eigenvalue weighted by molar-refractivity contribution is 0.584. The van der Waals surface area contributed by atoms with Crippen molar-refractivity contribution in [2.75, 3.05) is 4.90 Å². The van der Waals surface area contributed by atoms with Crippen molar-refractivity contribution in [1.82, 2.24) is 19.5 Å². The van der Waals surface area contributed by atoms with Crippen LogP contribution in [0.1, 0.15) is 22.8 Å². The molecule has 2 unspecified atom stereocenters. The monoisotopic (exact) mass is 807 g/mol. The third-order valence-electron chi connectivity index (χ3n) is 12.8. The lowest BCUT2D eigenvalue weighted by Gasteiger charge is -2.30. The van der Waals surface area contributed by atoms with Gasteiger partial charge in [0.2, 0.25) is 5.95 Å². The fourth-order valence-corrected chi connectivity index (χ4v) is 10.00. The Bertz CT molecular complexity index is 3550. The number of fused-ring (bicyclic) bond motifs is 10. The average molecular weight is 808 g/mol. The number of anilines is 2. The molecule has 4 heterocycles. The number of hydrogen-bond donors (Lipinski definition) is 0. The molecule has 0 spiro atoms. The van der Waals surface area contributed by atoms with Crippen LogP contribution in [0.4, 0.5) is 11.4 Å². The lowest BCUT2D eigenvalue weighted by Crippen LogP contribution is -2.30. The summed E-state index contributed by atoms with van der Waals surface area (Å²) in [6.45, 7) is 0. The second-order valence-corrected chi connectivity index (χ2v) is 16.4. The van der Waals surface area contributed by atoms with Crippen LogP contribution in [-0.2, 0) is 0 Å². The van der Waals surface area contributed by atoms with Crippen LogP contribution in [-0.4, -0.2) is 25.6 Å². The maximum Gasteiger partial charge on any atom is 0.238 e. The van der Waals surface area contributed by atoms with Gasteiger partial charge >= 0.3 is 0 Å². The zero-order valence-corrected chi connectivity index (χ0v) is 34.0. The Kier molecular flexibility index (Phi) is 7.93. The number of hydrogen-bond acceptors (Lipinski definition) is 5. The molecule has 0 saturated carbocycles. The molecule has 296 valence electrons. The van der Waals surface area contributed by atoms with Crippen molar-refractivity contribution >= 4 is 50.2 Å². The van der Waals surface area contributed by atoms with Crippen molar-refractivity contribution in [1.29, 1.82) is 0 Å². The highest BCUT2D eigenvalue weighted by molar-refractivity contribution is 6.09. The summed E-state index contributed by atoms with van der Waals surface area (Å²) < 4.78 is 8.86. The van der Waals surface area contributed by atoms with Crippen LogP contribution >= 0.6 is 0 Å². The summed E-state index contributed by atoms with van der Waals surface area (Å²) >= 11 is 0. The number of furan rings is 1. The molecule has 0 bridgehead atoms. The van der Waals surface area contributed by atoms with Crippen LogP contribution in [0, 0.1) is 0 Å². The van der Waals surface area contributed by atoms with E-state index in [4.69, 9.17) is 19.4 Å². The quantitative estimate of drug-likeness (QED) is 0.167. The fourth-order valence-electron chi connectivity index (χ4n) is 10.00. The number of rotatable bonds is 6. The Morgan fingerprint density at radius 1 is 0.444 bits per heavy atom. The van der Waals surface area contributed by atoms with Crippen molar-refractivity contribution in [3.05, 3.63) is 223 Å². The van der Waals surface area contributed by atoms with Gasteiger partial charge in [0, 0.05) is 50.1 Å². The molecule has 2 aliphatic rings. The first-order valence-electron chi connectivity index (χ1n) is 21.4. The van der Waals surface area contributed by atoms with Gasteiger partial charge in [-0.2, -0.15) is 9.97 Å². The van der Waals surface area contributed by atoms with Crippen LogP contribution in [0.3, 0.4) is 0 Å². The highest BCUT2D eigenvalue weighted by Gasteiger charge is 2.43. The third-order valence-corrected chi connectivity index (χ3v) is 12.8. The molecule has 0 fully saturated rings. The predicted octanol–water partition coefficient (Wildman–Crippen LogP) is 14.1. The smallest absolute Gasteiger partial charge is 0.238 e. The zero-order valence-electron chi connectivity index (χ0n) is 34.0. The van der Waals surface area contributed by atoms with Gasteiger partial charge in [0.15, 0.2) is 11.6 Å². The van der Waals surface area contributed by atoms with Crippen molar-refractivity contribution in [2.45, 2.75) is 12.0 Å². The lowest BCUT2D eigenvalue weighted by atomic mass is 9.82. The number of para-hydroxylation sites is 3. The van der Waals surface area contributed by atoms with E-state index < -0.39 is 0 Å². The van der Waals surface area contributed by atoms with Crippen LogP contribution in [0.25, 0.3) is 89.8 Å². The SMILES string of the molecule is C1=CC2C(c3ccccc3N2c2cccc(-c3ccccc3)c2)c2c1oc1ccc(-c3nc(-c4cccc(-c5ccccc5)c4)nc(-n4c5ccccc5c5ccccc54)n3)cc21. The van der Waals surface area contributed by atoms with E-state index in [1.165, 1.54) is 27.9 Å². The van der Waals surface area contributed by atoms with Gasteiger partial charge < -0.3 is 9.32 Å². The molecular formula is C57H37N5O. The Hall–Kier alpha value is -8.35. The molecule has 11 aromatic rings. The normalized spacial score (nSPS) is 15.2. The topological polar surface area (TPSA) is 60.0 Å². The van der Waals surface area contributed by atoms with E-state index in [0.29, 0.717) is 17.6 Å². The Morgan fingerprint density at radius 3 is 1.76 bits per heavy atom. The van der Waals surface area contributed by atoms with Crippen LogP contribution in [0.15, 0.2) is 211 Å². The second-order valence-electron chi connectivity index (χ2n) is 16.4. The molecule has 0 amide bonds. The van der Waals surface area contributed by atoms with Crippen molar-refractivity contribution in [3.63, 3.8) is 0 Å². The van der Waals surface area contributed by atoms with Crippen LogP contribution < -0.4 is 4.90 Å². The van der Waals surface area contributed by atoms with Gasteiger partial charge in [-0.3, -0.25) is 4.57 Å². The van der Waals surface area contributed by atoms with E-state index in [2.05, 4.69) is 216 Å². The first kappa shape index (κ1) is 35.4. The summed E-state index contributed by atoms with van der Waals surface area (Å²) in [5, 5.41) is 3.35. The average Bonchev–Trinajstić information content (AvgIpc) is 4.02. The Labute approximate surface area is 363 Å². The third kappa shape index (κ3) is 5.69. The molecule has 63 heavy (non-hydrogen) atoms. The molecule has 2 atom stereocenters. The van der Waals surface area contributed by atoms with E-state index in [-0.39, 0.29) is 12.0 Å². The summed E-state index contributed by atoms with van der Waals surface area (Å²) in [6, 6.07) is 70.6. The molecule has 0 radical (unpaired) electrons. The van der Waals surface area contributed by atoms with E-state index in [1.807, 2.05) is 6.07 Å². The summed E-state index contributed by atoms with van der Waals surface area (Å²) in [4.78, 5) is 18.4. The van der Waals surface area contributed by atoms with Crippen LogP contribution in [0.5, 0.6) is 0 Å². The van der Waals surface area contributed by atoms with Gasteiger partial charge in [-0.25, -0.2) is 4.98 Å². The first-order chi connectivity index (χ1) is 31.2. The summed E-state index contributed by atoms with van der Waals surface area (Å²) in [7, 11) is 0. The molecule has 1 aliphatic heterocycles. The molecular weight excluding hydrogens is 771 g/mol. The summed E-state index contributed by atoms with van der Waals surface area (Å²) in [5.41, 5.74) is 14.2. The molecule has 1 aliphatic carbocycles. The molecule has 0 saturated heterocycles. The van der Waals surface area contributed by atoms with Gasteiger partial charge in [0.1, 0.15) is 11.3 Å². The van der Waals surface area contributed by atoms with Gasteiger partial charge in [-0.05, 0) is 88.5 Å². The zero-order chi connectivity index (χ0) is 41.4. The molecule has 8 aromatic carbocycles. The van der Waals surface area contributed by atoms with E-state index in [0.717, 1.165) is 66.5 Å².